The molecule has 2 aliphatic rings. The highest BCUT2D eigenvalue weighted by Gasteiger charge is 2.29. The second-order valence-electron chi connectivity index (χ2n) is 3.32. The van der Waals surface area contributed by atoms with E-state index in [4.69, 9.17) is 0 Å². The third-order valence-electron chi connectivity index (χ3n) is 2.65. The van der Waals surface area contributed by atoms with Crippen molar-refractivity contribution in [1.82, 2.24) is 5.32 Å². The Bertz CT molecular complexity index is 102. The number of hydrogen-bond donors (Lipinski definition) is 1. The molecule has 0 amide bonds. The molecule has 2 fully saturated rings. The van der Waals surface area contributed by atoms with E-state index >= 15 is 0 Å². The fourth-order valence-electron chi connectivity index (χ4n) is 1.85. The lowest BCUT2D eigenvalue weighted by Gasteiger charge is -2.39. The zero-order valence-corrected chi connectivity index (χ0v) is 7.12. The summed E-state index contributed by atoms with van der Waals surface area (Å²) in [6.07, 6.45) is 4.34. The topological polar surface area (TPSA) is 12.0 Å². The Balaban J connectivity index is 1.83. The van der Waals surface area contributed by atoms with Crippen molar-refractivity contribution >= 4 is 11.8 Å². The molecule has 2 heterocycles. The monoisotopic (exact) mass is 157 g/mol. The quantitative estimate of drug-likeness (QED) is 0.572. The summed E-state index contributed by atoms with van der Waals surface area (Å²) < 4.78 is 0. The van der Waals surface area contributed by atoms with Gasteiger partial charge in [0.05, 0.1) is 0 Å². The van der Waals surface area contributed by atoms with Gasteiger partial charge in [-0.05, 0) is 43.2 Å². The third kappa shape index (κ3) is 1.32. The molecular weight excluding hydrogens is 142 g/mol. The molecule has 0 bridgehead atoms. The van der Waals surface area contributed by atoms with Crippen molar-refractivity contribution in [3.8, 4) is 0 Å². The molecule has 0 spiro atoms. The van der Waals surface area contributed by atoms with Crippen LogP contribution in [0.25, 0.3) is 0 Å². The second-order valence-corrected chi connectivity index (χ2v) is 4.54. The Morgan fingerprint density at radius 2 is 2.20 bits per heavy atom. The van der Waals surface area contributed by atoms with Gasteiger partial charge in [-0.15, -0.1) is 0 Å². The molecule has 58 valence electrons. The highest BCUT2D eigenvalue weighted by molar-refractivity contribution is 7.99. The molecule has 0 aromatic carbocycles. The first kappa shape index (κ1) is 6.99. The maximum absolute atomic E-state index is 3.50. The first-order valence-corrected chi connectivity index (χ1v) is 5.43. The minimum atomic E-state index is 0.896. The van der Waals surface area contributed by atoms with Gasteiger partial charge in [0.2, 0.25) is 0 Å². The zero-order valence-electron chi connectivity index (χ0n) is 6.31. The number of fused-ring (bicyclic) bond motifs is 1. The van der Waals surface area contributed by atoms with Gasteiger partial charge in [0, 0.05) is 6.04 Å². The lowest BCUT2D eigenvalue weighted by molar-refractivity contribution is 0.211. The summed E-state index contributed by atoms with van der Waals surface area (Å²) in [6, 6.07) is 0.896. The molecule has 0 aliphatic carbocycles. The van der Waals surface area contributed by atoms with Crippen molar-refractivity contribution in [2.75, 3.05) is 18.1 Å². The maximum Gasteiger partial charge on any atom is 0.0115 e. The summed E-state index contributed by atoms with van der Waals surface area (Å²) >= 11 is 2.13. The van der Waals surface area contributed by atoms with Gasteiger partial charge in [0.25, 0.3) is 0 Å². The summed E-state index contributed by atoms with van der Waals surface area (Å²) in [5.41, 5.74) is 0. The Morgan fingerprint density at radius 3 is 3.00 bits per heavy atom. The van der Waals surface area contributed by atoms with Gasteiger partial charge in [0.1, 0.15) is 0 Å². The van der Waals surface area contributed by atoms with Crippen LogP contribution in [0, 0.1) is 5.92 Å². The van der Waals surface area contributed by atoms with Gasteiger partial charge in [-0.1, -0.05) is 0 Å². The van der Waals surface area contributed by atoms with Crippen LogP contribution in [0.1, 0.15) is 19.3 Å². The average Bonchev–Trinajstić information content (AvgIpc) is 1.89. The minimum absolute atomic E-state index is 0.896. The van der Waals surface area contributed by atoms with Crippen molar-refractivity contribution in [3.05, 3.63) is 0 Å². The molecule has 2 unspecified atom stereocenters. The fourth-order valence-corrected chi connectivity index (χ4v) is 2.85. The number of hydrogen-bond acceptors (Lipinski definition) is 2. The van der Waals surface area contributed by atoms with Crippen LogP contribution in [0.15, 0.2) is 0 Å². The molecule has 0 aromatic heterocycles. The van der Waals surface area contributed by atoms with Crippen molar-refractivity contribution in [1.29, 1.82) is 0 Å². The SMILES string of the molecule is C1CSCCC2NCC2C1. The largest absolute Gasteiger partial charge is 0.313 e. The van der Waals surface area contributed by atoms with E-state index in [-0.39, 0.29) is 0 Å². The molecule has 1 nitrogen and oxygen atoms in total. The second kappa shape index (κ2) is 3.14. The molecule has 2 rings (SSSR count). The van der Waals surface area contributed by atoms with E-state index in [1.165, 1.54) is 37.3 Å². The van der Waals surface area contributed by atoms with Crippen LogP contribution < -0.4 is 5.32 Å². The fraction of sp³-hybridized carbons (Fsp3) is 1.00. The molecule has 2 atom stereocenters. The molecular formula is C8H15NS. The van der Waals surface area contributed by atoms with E-state index < -0.39 is 0 Å². The Hall–Kier alpha value is 0.310. The molecule has 2 saturated heterocycles. The van der Waals surface area contributed by atoms with Gasteiger partial charge in [-0.25, -0.2) is 0 Å². The molecule has 0 radical (unpaired) electrons. The predicted octanol–water partition coefficient (Wildman–Crippen LogP) is 1.49. The van der Waals surface area contributed by atoms with Gasteiger partial charge in [-0.3, -0.25) is 0 Å². The molecule has 10 heavy (non-hydrogen) atoms. The van der Waals surface area contributed by atoms with Crippen LogP contribution in [-0.4, -0.2) is 24.1 Å². The van der Waals surface area contributed by atoms with Crippen LogP contribution >= 0.6 is 11.8 Å². The van der Waals surface area contributed by atoms with E-state index in [1.54, 1.807) is 0 Å². The first-order chi connectivity index (χ1) is 4.97. The summed E-state index contributed by atoms with van der Waals surface area (Å²) in [5.74, 6) is 3.83. The number of rotatable bonds is 0. The lowest BCUT2D eigenvalue weighted by atomic mass is 9.86. The number of thioether (sulfide) groups is 1. The van der Waals surface area contributed by atoms with Crippen molar-refractivity contribution < 1.29 is 0 Å². The Labute approximate surface area is 67.0 Å². The van der Waals surface area contributed by atoms with Crippen molar-refractivity contribution in [2.45, 2.75) is 25.3 Å². The number of nitrogens with one attached hydrogen (secondary N) is 1. The van der Waals surface area contributed by atoms with Crippen LogP contribution in [0.4, 0.5) is 0 Å². The van der Waals surface area contributed by atoms with E-state index in [0.717, 1.165) is 12.0 Å². The highest BCUT2D eigenvalue weighted by Crippen LogP contribution is 2.26. The van der Waals surface area contributed by atoms with Gasteiger partial charge in [-0.2, -0.15) is 11.8 Å². The average molecular weight is 157 g/mol. The van der Waals surface area contributed by atoms with Crippen LogP contribution in [0.2, 0.25) is 0 Å². The van der Waals surface area contributed by atoms with E-state index in [0.29, 0.717) is 0 Å². The normalized spacial score (nSPS) is 40.8. The van der Waals surface area contributed by atoms with E-state index in [1.807, 2.05) is 0 Å². The van der Waals surface area contributed by atoms with Gasteiger partial charge < -0.3 is 5.32 Å². The summed E-state index contributed by atoms with van der Waals surface area (Å²) in [6.45, 7) is 1.30. The summed E-state index contributed by atoms with van der Waals surface area (Å²) in [4.78, 5) is 0. The molecule has 2 aliphatic heterocycles. The Morgan fingerprint density at radius 1 is 1.20 bits per heavy atom. The van der Waals surface area contributed by atoms with Crippen LogP contribution in [0.3, 0.4) is 0 Å². The predicted molar refractivity (Wildman–Crippen MR) is 46.5 cm³/mol. The van der Waals surface area contributed by atoms with Crippen LogP contribution in [0.5, 0.6) is 0 Å². The van der Waals surface area contributed by atoms with E-state index in [9.17, 15) is 0 Å². The van der Waals surface area contributed by atoms with Crippen molar-refractivity contribution in [3.63, 3.8) is 0 Å². The summed E-state index contributed by atoms with van der Waals surface area (Å²) in [7, 11) is 0. The third-order valence-corrected chi connectivity index (χ3v) is 3.75. The van der Waals surface area contributed by atoms with Crippen molar-refractivity contribution in [2.24, 2.45) is 5.92 Å². The van der Waals surface area contributed by atoms with Gasteiger partial charge >= 0.3 is 0 Å². The molecule has 1 N–H and O–H groups in total. The standard InChI is InChI=1S/C8H15NS/c1-2-7-6-9-8(7)3-5-10-4-1/h7-9H,1-6H2. The minimum Gasteiger partial charge on any atom is -0.313 e. The van der Waals surface area contributed by atoms with Gasteiger partial charge in [0.15, 0.2) is 0 Å². The van der Waals surface area contributed by atoms with Crippen LogP contribution in [-0.2, 0) is 0 Å². The molecule has 2 heteroatoms. The first-order valence-electron chi connectivity index (χ1n) is 4.28. The maximum atomic E-state index is 3.50. The molecule has 0 aromatic rings. The molecule has 0 saturated carbocycles. The highest BCUT2D eigenvalue weighted by atomic mass is 32.2. The zero-order chi connectivity index (χ0) is 6.81. The summed E-state index contributed by atoms with van der Waals surface area (Å²) in [5, 5.41) is 3.50. The Kier molecular flexibility index (Phi) is 2.19. The smallest absolute Gasteiger partial charge is 0.0115 e. The van der Waals surface area contributed by atoms with E-state index in [2.05, 4.69) is 17.1 Å². The lowest BCUT2D eigenvalue weighted by Crippen LogP contribution is -2.53.